The van der Waals surface area contributed by atoms with Crippen molar-refractivity contribution >= 4 is 10.1 Å². The number of benzene rings is 1. The van der Waals surface area contributed by atoms with E-state index in [1.165, 1.54) is 16.6 Å². The molecule has 0 aromatic heterocycles. The first-order chi connectivity index (χ1) is 10.6. The summed E-state index contributed by atoms with van der Waals surface area (Å²) in [6.45, 7) is 7.56. The molecule has 0 amide bonds. The monoisotopic (exact) mass is 341 g/mol. The molecule has 1 aromatic rings. The number of rotatable bonds is 2. The van der Waals surface area contributed by atoms with Crippen molar-refractivity contribution < 1.29 is 26.9 Å². The van der Waals surface area contributed by atoms with E-state index in [0.717, 1.165) is 13.1 Å². The molecule has 3 aliphatic heterocycles. The van der Waals surface area contributed by atoms with Crippen LogP contribution in [0.5, 0.6) is 0 Å². The zero-order valence-electron chi connectivity index (χ0n) is 13.6. The summed E-state index contributed by atoms with van der Waals surface area (Å²) in [5.74, 6) is -0.374. The van der Waals surface area contributed by atoms with Crippen LogP contribution in [0.25, 0.3) is 0 Å². The second-order valence-corrected chi connectivity index (χ2v) is 8.55. The third kappa shape index (κ3) is 3.92. The maximum Gasteiger partial charge on any atom is 0.168 e. The van der Waals surface area contributed by atoms with Gasteiger partial charge in [-0.25, -0.2) is 8.42 Å². The van der Waals surface area contributed by atoms with Gasteiger partial charge in [0.2, 0.25) is 0 Å². The van der Waals surface area contributed by atoms with Gasteiger partial charge in [-0.2, -0.15) is 0 Å². The number of nitrogens with zero attached hydrogens (tertiary/aromatic N) is 1. The van der Waals surface area contributed by atoms with Gasteiger partial charge in [-0.3, -0.25) is 0 Å². The normalized spacial score (nSPS) is 36.6. The number of quaternary nitrogens is 1. The quantitative estimate of drug-likeness (QED) is 0.457. The van der Waals surface area contributed by atoms with E-state index in [9.17, 15) is 0 Å². The third-order valence-electron chi connectivity index (χ3n) is 4.61. The standard InChI is InChI=1S/C15H20NO2.CH4O3S/c1-15(2)17-13-10-16(9-12(16)14(13)18-15)8-11-6-4-3-5-7-11;1-5(2,3)4/h3-7,12-14H,8-10H2,1-2H3;1H3,(H,2,3,4)/q+1;/p-1/t12-,13-,14+,16?;/m0./s1. The molecule has 3 fully saturated rings. The Morgan fingerprint density at radius 2 is 1.83 bits per heavy atom. The average molecular weight is 341 g/mol. The summed E-state index contributed by atoms with van der Waals surface area (Å²) >= 11 is 0. The summed E-state index contributed by atoms with van der Waals surface area (Å²) in [6, 6.07) is 11.4. The summed E-state index contributed by atoms with van der Waals surface area (Å²) in [5, 5.41) is 0. The summed E-state index contributed by atoms with van der Waals surface area (Å²) in [7, 11) is -3.92. The van der Waals surface area contributed by atoms with Crippen LogP contribution in [0, 0.1) is 0 Å². The fourth-order valence-corrected chi connectivity index (χ4v) is 3.83. The third-order valence-corrected chi connectivity index (χ3v) is 4.61. The van der Waals surface area contributed by atoms with Gasteiger partial charge in [-0.1, -0.05) is 30.3 Å². The maximum atomic E-state index is 9.08. The van der Waals surface area contributed by atoms with Crippen molar-refractivity contribution in [1.29, 1.82) is 0 Å². The van der Waals surface area contributed by atoms with E-state index in [4.69, 9.17) is 22.4 Å². The number of piperidine rings is 1. The predicted octanol–water partition coefficient (Wildman–Crippen LogP) is 1.08. The van der Waals surface area contributed by atoms with Crippen molar-refractivity contribution in [2.75, 3.05) is 19.3 Å². The SMILES string of the molecule is CC1(C)O[C@H]2[C@H](C[N+]3(Cc4ccccc4)C[C@@H]23)O1.CS(=O)(=O)[O-]. The molecule has 0 N–H and O–H groups in total. The smallest absolute Gasteiger partial charge is 0.168 e. The molecule has 7 heteroatoms. The van der Waals surface area contributed by atoms with Gasteiger partial charge in [-0.05, 0) is 13.8 Å². The topological polar surface area (TPSA) is 75.7 Å². The number of ether oxygens (including phenoxy) is 2. The Hall–Kier alpha value is -0.990. The molecule has 4 atom stereocenters. The summed E-state index contributed by atoms with van der Waals surface area (Å²) in [5.41, 5.74) is 1.43. The maximum absolute atomic E-state index is 9.08. The van der Waals surface area contributed by atoms with E-state index in [1.807, 2.05) is 13.8 Å². The lowest BCUT2D eigenvalue weighted by Crippen LogP contribution is -2.33. The van der Waals surface area contributed by atoms with Crippen LogP contribution in [0.4, 0.5) is 0 Å². The number of hydrogen-bond acceptors (Lipinski definition) is 5. The minimum Gasteiger partial charge on any atom is -0.748 e. The van der Waals surface area contributed by atoms with Crippen molar-refractivity contribution in [3.05, 3.63) is 35.9 Å². The van der Waals surface area contributed by atoms with Gasteiger partial charge in [0.1, 0.15) is 31.8 Å². The summed E-state index contributed by atoms with van der Waals surface area (Å²) in [6.07, 6.45) is 1.23. The fourth-order valence-electron chi connectivity index (χ4n) is 3.83. The van der Waals surface area contributed by atoms with Crippen LogP contribution in [0.1, 0.15) is 19.4 Å². The Morgan fingerprint density at radius 1 is 1.22 bits per heavy atom. The second-order valence-electron chi connectivity index (χ2n) is 7.14. The molecular formula is C16H23NO5S. The molecule has 0 bridgehead atoms. The minimum atomic E-state index is -3.92. The highest BCUT2D eigenvalue weighted by Gasteiger charge is 2.72. The molecule has 6 nitrogen and oxygen atoms in total. The zero-order chi connectivity index (χ0) is 16.9. The molecule has 1 unspecified atom stereocenters. The Kier molecular flexibility index (Phi) is 4.05. The van der Waals surface area contributed by atoms with E-state index in [2.05, 4.69) is 30.3 Å². The van der Waals surface area contributed by atoms with Gasteiger partial charge >= 0.3 is 0 Å². The summed E-state index contributed by atoms with van der Waals surface area (Å²) in [4.78, 5) is 0. The van der Waals surface area contributed by atoms with Crippen molar-refractivity contribution in [2.45, 2.75) is 44.4 Å². The van der Waals surface area contributed by atoms with Crippen molar-refractivity contribution in [1.82, 2.24) is 0 Å². The highest BCUT2D eigenvalue weighted by atomic mass is 32.2. The Morgan fingerprint density at radius 3 is 2.39 bits per heavy atom. The van der Waals surface area contributed by atoms with Crippen LogP contribution in [0.2, 0.25) is 0 Å². The zero-order valence-corrected chi connectivity index (χ0v) is 14.5. The largest absolute Gasteiger partial charge is 0.748 e. The molecule has 1 aromatic carbocycles. The molecule has 0 saturated carbocycles. The average Bonchev–Trinajstić information content (AvgIpc) is 2.88. The van der Waals surface area contributed by atoms with Crippen molar-refractivity contribution in [3.63, 3.8) is 0 Å². The lowest BCUT2D eigenvalue weighted by atomic mass is 10.2. The molecule has 3 aliphatic rings. The first-order valence-electron chi connectivity index (χ1n) is 7.74. The van der Waals surface area contributed by atoms with Crippen LogP contribution in [-0.2, 0) is 26.1 Å². The fraction of sp³-hybridized carbons (Fsp3) is 0.625. The van der Waals surface area contributed by atoms with Crippen molar-refractivity contribution in [2.24, 2.45) is 0 Å². The highest BCUT2D eigenvalue weighted by molar-refractivity contribution is 7.84. The van der Waals surface area contributed by atoms with Gasteiger partial charge in [0.05, 0.1) is 10.1 Å². The first-order valence-corrected chi connectivity index (χ1v) is 9.56. The molecule has 0 aliphatic carbocycles. The van der Waals surface area contributed by atoms with Crippen molar-refractivity contribution in [3.8, 4) is 0 Å². The van der Waals surface area contributed by atoms with Gasteiger partial charge < -0.3 is 18.5 Å². The Balaban J connectivity index is 0.000000276. The van der Waals surface area contributed by atoms with Gasteiger partial charge in [0, 0.05) is 11.8 Å². The number of fused-ring (bicyclic) bond motifs is 3. The van der Waals surface area contributed by atoms with Gasteiger partial charge in [0.15, 0.2) is 11.8 Å². The second kappa shape index (κ2) is 5.53. The molecule has 128 valence electrons. The Labute approximate surface area is 137 Å². The van der Waals surface area contributed by atoms with Crippen LogP contribution in [0.15, 0.2) is 30.3 Å². The lowest BCUT2D eigenvalue weighted by Gasteiger charge is -2.22. The van der Waals surface area contributed by atoms with E-state index >= 15 is 0 Å². The number of hydrogen-bond donors (Lipinski definition) is 0. The summed E-state index contributed by atoms with van der Waals surface area (Å²) < 4.78 is 40.5. The molecule has 0 spiro atoms. The van der Waals surface area contributed by atoms with Gasteiger partial charge in [-0.15, -0.1) is 0 Å². The predicted molar refractivity (Wildman–Crippen MR) is 83.4 cm³/mol. The minimum absolute atomic E-state index is 0.308. The van der Waals surface area contributed by atoms with Crippen LogP contribution in [-0.4, -0.2) is 60.8 Å². The highest BCUT2D eigenvalue weighted by Crippen LogP contribution is 2.50. The van der Waals surface area contributed by atoms with E-state index in [1.54, 1.807) is 0 Å². The molecule has 0 radical (unpaired) electrons. The van der Waals surface area contributed by atoms with Gasteiger partial charge in [0.25, 0.3) is 0 Å². The van der Waals surface area contributed by atoms with Crippen LogP contribution < -0.4 is 0 Å². The lowest BCUT2D eigenvalue weighted by molar-refractivity contribution is -0.821. The molecule has 3 heterocycles. The first kappa shape index (κ1) is 16.9. The molecule has 4 rings (SSSR count). The van der Waals surface area contributed by atoms with E-state index in [0.29, 0.717) is 24.5 Å². The molecule has 3 saturated heterocycles. The molecule has 23 heavy (non-hydrogen) atoms. The Bertz CT molecular complexity index is 667. The molecular weight excluding hydrogens is 318 g/mol. The van der Waals surface area contributed by atoms with E-state index < -0.39 is 10.1 Å². The van der Waals surface area contributed by atoms with Crippen LogP contribution in [0.3, 0.4) is 0 Å². The van der Waals surface area contributed by atoms with E-state index in [-0.39, 0.29) is 5.79 Å². The van der Waals surface area contributed by atoms with Crippen LogP contribution >= 0.6 is 0 Å².